The van der Waals surface area contributed by atoms with Crippen LogP contribution in [0, 0.1) is 11.7 Å². The lowest BCUT2D eigenvalue weighted by Gasteiger charge is -2.32. The maximum absolute atomic E-state index is 12.8. The van der Waals surface area contributed by atoms with E-state index in [1.54, 1.807) is 12.1 Å². The van der Waals surface area contributed by atoms with E-state index in [2.05, 4.69) is 22.5 Å². The first-order chi connectivity index (χ1) is 10.5. The summed E-state index contributed by atoms with van der Waals surface area (Å²) >= 11 is 0. The molecule has 0 aliphatic carbocycles. The van der Waals surface area contributed by atoms with E-state index in [0.717, 1.165) is 31.1 Å². The number of nitrogens with zero attached hydrogens (tertiary/aromatic N) is 1. The molecule has 2 atom stereocenters. The minimum atomic E-state index is -0.266. The van der Waals surface area contributed by atoms with E-state index in [4.69, 9.17) is 0 Å². The number of carbonyl (C=O) groups excluding carboxylic acids is 1. The number of piperidine rings is 1. The molecule has 1 heterocycles. The minimum Gasteiger partial charge on any atom is -0.334 e. The second-order valence-electron chi connectivity index (χ2n) is 6.36. The molecule has 0 bridgehead atoms. The van der Waals surface area contributed by atoms with Gasteiger partial charge in [0.1, 0.15) is 5.82 Å². The molecule has 1 aromatic carbocycles. The largest absolute Gasteiger partial charge is 0.334 e. The first kappa shape index (κ1) is 16.7. The molecule has 5 heteroatoms. The van der Waals surface area contributed by atoms with Crippen LogP contribution in [0.4, 0.5) is 9.18 Å². The van der Waals surface area contributed by atoms with Gasteiger partial charge in [-0.1, -0.05) is 19.1 Å². The summed E-state index contributed by atoms with van der Waals surface area (Å²) in [5.74, 6) is 0.478. The Labute approximate surface area is 132 Å². The molecule has 1 aromatic rings. The molecule has 1 fully saturated rings. The maximum atomic E-state index is 12.8. The van der Waals surface area contributed by atoms with Gasteiger partial charge in [-0.15, -0.1) is 0 Å². The van der Waals surface area contributed by atoms with Gasteiger partial charge in [0.05, 0.1) is 0 Å². The van der Waals surface area contributed by atoms with Crippen molar-refractivity contribution in [3.63, 3.8) is 0 Å². The standard InChI is InChI=1S/C17H26FN3O/c1-13-4-3-9-21(11-13)12-14(2)20-17(22)19-10-15-5-7-16(18)8-6-15/h5-8,13-14H,3-4,9-12H2,1-2H3,(H2,19,20,22). The molecule has 2 amide bonds. The van der Waals surface area contributed by atoms with Crippen molar-refractivity contribution in [1.29, 1.82) is 0 Å². The highest BCUT2D eigenvalue weighted by molar-refractivity contribution is 5.74. The number of hydrogen-bond acceptors (Lipinski definition) is 2. The predicted molar refractivity (Wildman–Crippen MR) is 86.1 cm³/mol. The molecule has 1 aliphatic rings. The topological polar surface area (TPSA) is 44.4 Å². The number of nitrogens with one attached hydrogen (secondary N) is 2. The molecule has 22 heavy (non-hydrogen) atoms. The molecule has 2 unspecified atom stereocenters. The summed E-state index contributed by atoms with van der Waals surface area (Å²) < 4.78 is 12.8. The second kappa shape index (κ2) is 8.13. The van der Waals surface area contributed by atoms with Crippen LogP contribution >= 0.6 is 0 Å². The van der Waals surface area contributed by atoms with E-state index in [9.17, 15) is 9.18 Å². The Bertz CT molecular complexity index is 477. The molecule has 2 N–H and O–H groups in total. The van der Waals surface area contributed by atoms with Gasteiger partial charge in [-0.05, 0) is 49.9 Å². The molecule has 0 spiro atoms. The zero-order valence-electron chi connectivity index (χ0n) is 13.4. The van der Waals surface area contributed by atoms with Crippen molar-refractivity contribution in [2.24, 2.45) is 5.92 Å². The maximum Gasteiger partial charge on any atom is 0.315 e. The molecule has 1 saturated heterocycles. The molecule has 122 valence electrons. The molecule has 0 saturated carbocycles. The van der Waals surface area contributed by atoms with Crippen molar-refractivity contribution in [3.05, 3.63) is 35.6 Å². The zero-order chi connectivity index (χ0) is 15.9. The number of benzene rings is 1. The number of halogens is 1. The van der Waals surface area contributed by atoms with Crippen molar-refractivity contribution in [2.45, 2.75) is 39.3 Å². The Kier molecular flexibility index (Phi) is 6.19. The highest BCUT2D eigenvalue weighted by Crippen LogP contribution is 2.15. The van der Waals surface area contributed by atoms with Crippen molar-refractivity contribution >= 4 is 6.03 Å². The fourth-order valence-corrected chi connectivity index (χ4v) is 2.94. The van der Waals surface area contributed by atoms with Crippen LogP contribution < -0.4 is 10.6 Å². The summed E-state index contributed by atoms with van der Waals surface area (Å²) in [5.41, 5.74) is 0.883. The average Bonchev–Trinajstić information content (AvgIpc) is 2.46. The van der Waals surface area contributed by atoms with Gasteiger partial charge in [0.15, 0.2) is 0 Å². The van der Waals surface area contributed by atoms with Gasteiger partial charge < -0.3 is 15.5 Å². The summed E-state index contributed by atoms with van der Waals surface area (Å²) in [7, 11) is 0. The Balaban J connectivity index is 1.68. The van der Waals surface area contributed by atoms with Crippen molar-refractivity contribution in [3.8, 4) is 0 Å². The van der Waals surface area contributed by atoms with Crippen LogP contribution in [0.15, 0.2) is 24.3 Å². The average molecular weight is 307 g/mol. The highest BCUT2D eigenvalue weighted by Gasteiger charge is 2.18. The van der Waals surface area contributed by atoms with Crippen molar-refractivity contribution in [1.82, 2.24) is 15.5 Å². The molecule has 0 radical (unpaired) electrons. The van der Waals surface area contributed by atoms with Crippen LogP contribution in [0.1, 0.15) is 32.3 Å². The van der Waals surface area contributed by atoms with Gasteiger partial charge in [0.2, 0.25) is 0 Å². The van der Waals surface area contributed by atoms with Crippen LogP contribution in [-0.2, 0) is 6.54 Å². The third kappa shape index (κ3) is 5.64. The molecule has 0 aromatic heterocycles. The molecule has 4 nitrogen and oxygen atoms in total. The first-order valence-electron chi connectivity index (χ1n) is 8.04. The molecular weight excluding hydrogens is 281 g/mol. The fourth-order valence-electron chi connectivity index (χ4n) is 2.94. The van der Waals surface area contributed by atoms with E-state index in [0.29, 0.717) is 6.54 Å². The van der Waals surface area contributed by atoms with Crippen LogP contribution in [0.2, 0.25) is 0 Å². The smallest absolute Gasteiger partial charge is 0.315 e. The van der Waals surface area contributed by atoms with E-state index in [1.807, 2.05) is 6.92 Å². The van der Waals surface area contributed by atoms with Gasteiger partial charge in [-0.2, -0.15) is 0 Å². The van der Waals surface area contributed by atoms with Crippen molar-refractivity contribution < 1.29 is 9.18 Å². The fraction of sp³-hybridized carbons (Fsp3) is 0.588. The van der Waals surface area contributed by atoms with Crippen LogP contribution in [0.5, 0.6) is 0 Å². The van der Waals surface area contributed by atoms with E-state index in [1.165, 1.54) is 25.0 Å². The van der Waals surface area contributed by atoms with Gasteiger partial charge in [-0.3, -0.25) is 0 Å². The zero-order valence-corrected chi connectivity index (χ0v) is 13.4. The number of hydrogen-bond donors (Lipinski definition) is 2. The van der Waals surface area contributed by atoms with E-state index < -0.39 is 0 Å². The van der Waals surface area contributed by atoms with Crippen LogP contribution in [0.3, 0.4) is 0 Å². The third-order valence-electron chi connectivity index (χ3n) is 4.02. The van der Waals surface area contributed by atoms with Crippen LogP contribution in [0.25, 0.3) is 0 Å². The lowest BCUT2D eigenvalue weighted by atomic mass is 10.00. The van der Waals surface area contributed by atoms with E-state index >= 15 is 0 Å². The molecule has 1 aliphatic heterocycles. The molecular formula is C17H26FN3O. The van der Waals surface area contributed by atoms with Crippen molar-refractivity contribution in [2.75, 3.05) is 19.6 Å². The number of carbonyl (C=O) groups is 1. The number of urea groups is 1. The quantitative estimate of drug-likeness (QED) is 0.878. The predicted octanol–water partition coefficient (Wildman–Crippen LogP) is 2.75. The Morgan fingerprint density at radius 1 is 1.41 bits per heavy atom. The summed E-state index contributed by atoms with van der Waals surface area (Å²) in [5, 5.41) is 5.76. The summed E-state index contributed by atoms with van der Waals surface area (Å²) in [4.78, 5) is 14.3. The second-order valence-corrected chi connectivity index (χ2v) is 6.36. The summed E-state index contributed by atoms with van der Waals surface area (Å²) in [6.07, 6.45) is 2.54. The van der Waals surface area contributed by atoms with E-state index in [-0.39, 0.29) is 17.9 Å². The third-order valence-corrected chi connectivity index (χ3v) is 4.02. The lowest BCUT2D eigenvalue weighted by Crippen LogP contribution is -2.47. The minimum absolute atomic E-state index is 0.110. The first-order valence-corrected chi connectivity index (χ1v) is 8.04. The van der Waals surface area contributed by atoms with Gasteiger partial charge >= 0.3 is 6.03 Å². The van der Waals surface area contributed by atoms with Gasteiger partial charge in [-0.25, -0.2) is 9.18 Å². The number of rotatable bonds is 5. The Morgan fingerprint density at radius 3 is 2.82 bits per heavy atom. The number of amides is 2. The highest BCUT2D eigenvalue weighted by atomic mass is 19.1. The Hall–Kier alpha value is -1.62. The van der Waals surface area contributed by atoms with Gasteiger partial charge in [0.25, 0.3) is 0 Å². The lowest BCUT2D eigenvalue weighted by molar-refractivity contribution is 0.169. The molecule has 2 rings (SSSR count). The monoisotopic (exact) mass is 307 g/mol. The normalized spacial score (nSPS) is 20.4. The van der Waals surface area contributed by atoms with Gasteiger partial charge in [0, 0.05) is 25.7 Å². The SMILES string of the molecule is CC1CCCN(CC(C)NC(=O)NCc2ccc(F)cc2)C1. The Morgan fingerprint density at radius 2 is 2.14 bits per heavy atom. The summed E-state index contributed by atoms with van der Waals surface area (Å²) in [6, 6.07) is 6.08. The van der Waals surface area contributed by atoms with Crippen LogP contribution in [-0.4, -0.2) is 36.6 Å². The summed E-state index contributed by atoms with van der Waals surface area (Å²) in [6.45, 7) is 7.82. The number of likely N-dealkylation sites (tertiary alicyclic amines) is 1.